The molecule has 3 nitrogen and oxygen atoms in total. The molecular formula is C35H22N2O. The number of nitrogens with zero attached hydrogens (tertiary/aromatic N) is 2. The van der Waals surface area contributed by atoms with Crippen LogP contribution in [0.4, 0.5) is 0 Å². The molecule has 0 aliphatic heterocycles. The van der Waals surface area contributed by atoms with Crippen molar-refractivity contribution in [2.24, 2.45) is 0 Å². The van der Waals surface area contributed by atoms with Gasteiger partial charge in [-0.1, -0.05) is 78.9 Å². The van der Waals surface area contributed by atoms with Gasteiger partial charge in [-0.05, 0) is 70.3 Å². The summed E-state index contributed by atoms with van der Waals surface area (Å²) in [6.45, 7) is 2.00. The fourth-order valence-electron chi connectivity index (χ4n) is 5.72. The number of para-hydroxylation sites is 1. The second-order valence-electron chi connectivity index (χ2n) is 9.90. The first-order chi connectivity index (χ1) is 18.7. The number of benzene rings is 6. The summed E-state index contributed by atoms with van der Waals surface area (Å²) in [5.41, 5.74) is 9.39. The highest BCUT2D eigenvalue weighted by Gasteiger charge is 2.13. The summed E-state index contributed by atoms with van der Waals surface area (Å²) in [5, 5.41) is 6.95. The number of aromatic nitrogens is 2. The molecule has 0 spiro atoms. The molecule has 0 aliphatic rings. The Balaban J connectivity index is 1.31. The van der Waals surface area contributed by atoms with Crippen molar-refractivity contribution in [3.63, 3.8) is 0 Å². The summed E-state index contributed by atoms with van der Waals surface area (Å²) in [7, 11) is 0. The number of rotatable bonds is 2. The zero-order valence-corrected chi connectivity index (χ0v) is 20.8. The van der Waals surface area contributed by atoms with Crippen LogP contribution in [0.3, 0.4) is 0 Å². The van der Waals surface area contributed by atoms with Gasteiger partial charge in [0.1, 0.15) is 11.2 Å². The first-order valence-electron chi connectivity index (χ1n) is 12.8. The van der Waals surface area contributed by atoms with Gasteiger partial charge in [0.15, 0.2) is 0 Å². The molecule has 0 bridgehead atoms. The van der Waals surface area contributed by atoms with Gasteiger partial charge in [0.2, 0.25) is 0 Å². The van der Waals surface area contributed by atoms with Crippen molar-refractivity contribution < 1.29 is 4.42 Å². The maximum Gasteiger partial charge on any atom is 0.135 e. The summed E-state index contributed by atoms with van der Waals surface area (Å²) in [5.74, 6) is 0. The Morgan fingerprint density at radius 3 is 1.95 bits per heavy atom. The van der Waals surface area contributed by atoms with Gasteiger partial charge in [-0.3, -0.25) is 4.98 Å². The van der Waals surface area contributed by atoms with Gasteiger partial charge in [-0.25, -0.2) is 4.98 Å². The highest BCUT2D eigenvalue weighted by atomic mass is 16.3. The second kappa shape index (κ2) is 7.99. The molecule has 2 aromatic heterocycles. The van der Waals surface area contributed by atoms with Crippen molar-refractivity contribution in [3.8, 4) is 22.3 Å². The van der Waals surface area contributed by atoms with E-state index in [-0.39, 0.29) is 0 Å². The number of aryl methyl sites for hydroxylation is 1. The zero-order chi connectivity index (χ0) is 25.2. The number of fused-ring (bicyclic) bond motifs is 9. The Hall–Kier alpha value is -5.02. The van der Waals surface area contributed by atoms with Gasteiger partial charge in [0.25, 0.3) is 0 Å². The lowest BCUT2D eigenvalue weighted by atomic mass is 9.94. The molecule has 0 fully saturated rings. The fraction of sp³-hybridized carbons (Fsp3) is 0.0286. The normalized spacial score (nSPS) is 11.8. The molecule has 0 unspecified atom stereocenters. The maximum atomic E-state index is 6.04. The minimum atomic E-state index is 0.915. The third-order valence-electron chi connectivity index (χ3n) is 7.55. The molecule has 0 radical (unpaired) electrons. The summed E-state index contributed by atoms with van der Waals surface area (Å²) in [4.78, 5) is 9.63. The standard InChI is InChI=1S/C35H22N2O/c1-21-20-36-34-28-11-3-2-9-26(28)30-18-24(13-15-29(30)35(34)37-21)22-7-6-8-23(17-22)25-14-16-33-31(19-25)27-10-4-5-12-32(27)38-33/h2-20H,1H3. The summed E-state index contributed by atoms with van der Waals surface area (Å²) in [6, 6.07) is 38.6. The molecule has 0 atom stereocenters. The van der Waals surface area contributed by atoms with E-state index in [0.29, 0.717) is 0 Å². The zero-order valence-electron chi connectivity index (χ0n) is 20.8. The smallest absolute Gasteiger partial charge is 0.135 e. The molecule has 0 N–H and O–H groups in total. The highest BCUT2D eigenvalue weighted by Crippen LogP contribution is 2.37. The average Bonchev–Trinajstić information content (AvgIpc) is 3.35. The molecule has 38 heavy (non-hydrogen) atoms. The molecule has 8 aromatic rings. The van der Waals surface area contributed by atoms with E-state index in [4.69, 9.17) is 14.4 Å². The third kappa shape index (κ3) is 3.15. The van der Waals surface area contributed by atoms with E-state index in [2.05, 4.69) is 97.1 Å². The largest absolute Gasteiger partial charge is 0.456 e. The number of hydrogen-bond donors (Lipinski definition) is 0. The third-order valence-corrected chi connectivity index (χ3v) is 7.55. The van der Waals surface area contributed by atoms with Crippen molar-refractivity contribution >= 4 is 54.5 Å². The van der Waals surface area contributed by atoms with E-state index in [1.807, 2.05) is 25.3 Å². The molecule has 8 rings (SSSR count). The van der Waals surface area contributed by atoms with Crippen LogP contribution in [-0.4, -0.2) is 9.97 Å². The van der Waals surface area contributed by atoms with Crippen molar-refractivity contribution in [2.45, 2.75) is 6.92 Å². The Morgan fingerprint density at radius 2 is 1.11 bits per heavy atom. The minimum Gasteiger partial charge on any atom is -0.456 e. The van der Waals surface area contributed by atoms with Crippen LogP contribution >= 0.6 is 0 Å². The van der Waals surface area contributed by atoms with Crippen LogP contribution in [0.5, 0.6) is 0 Å². The monoisotopic (exact) mass is 486 g/mol. The van der Waals surface area contributed by atoms with E-state index in [0.717, 1.165) is 49.4 Å². The highest BCUT2D eigenvalue weighted by molar-refractivity contribution is 6.23. The van der Waals surface area contributed by atoms with Gasteiger partial charge in [0.05, 0.1) is 16.7 Å². The first kappa shape index (κ1) is 21.1. The fourth-order valence-corrected chi connectivity index (χ4v) is 5.72. The SMILES string of the molecule is Cc1cnc2c3ccccc3c3cc(-c4cccc(-c5ccc6oc7ccccc7c6c5)c4)ccc3c2n1. The van der Waals surface area contributed by atoms with Gasteiger partial charge < -0.3 is 4.42 Å². The van der Waals surface area contributed by atoms with Crippen LogP contribution < -0.4 is 0 Å². The van der Waals surface area contributed by atoms with E-state index < -0.39 is 0 Å². The Morgan fingerprint density at radius 1 is 0.474 bits per heavy atom. The molecule has 3 heteroatoms. The van der Waals surface area contributed by atoms with E-state index in [1.54, 1.807) is 0 Å². The van der Waals surface area contributed by atoms with Gasteiger partial charge in [-0.2, -0.15) is 0 Å². The lowest BCUT2D eigenvalue weighted by molar-refractivity contribution is 0.669. The van der Waals surface area contributed by atoms with Crippen molar-refractivity contribution in [2.75, 3.05) is 0 Å². The minimum absolute atomic E-state index is 0.915. The summed E-state index contributed by atoms with van der Waals surface area (Å²) < 4.78 is 6.04. The Kier molecular flexibility index (Phi) is 4.44. The van der Waals surface area contributed by atoms with Gasteiger partial charge in [0, 0.05) is 27.7 Å². The van der Waals surface area contributed by atoms with E-state index in [1.165, 1.54) is 33.0 Å². The lowest BCUT2D eigenvalue weighted by Gasteiger charge is -2.12. The average molecular weight is 487 g/mol. The van der Waals surface area contributed by atoms with Crippen LogP contribution in [0.15, 0.2) is 120 Å². The van der Waals surface area contributed by atoms with Crippen molar-refractivity contribution in [3.05, 3.63) is 121 Å². The predicted octanol–water partition coefficient (Wildman–Crippen LogP) is 9.48. The second-order valence-corrected chi connectivity index (χ2v) is 9.90. The molecule has 178 valence electrons. The molecule has 2 heterocycles. The maximum absolute atomic E-state index is 6.04. The molecule has 0 saturated carbocycles. The van der Waals surface area contributed by atoms with Crippen molar-refractivity contribution in [1.82, 2.24) is 9.97 Å². The van der Waals surface area contributed by atoms with Crippen molar-refractivity contribution in [1.29, 1.82) is 0 Å². The molecule has 0 amide bonds. The Labute approximate surface area is 219 Å². The van der Waals surface area contributed by atoms with Crippen LogP contribution in [0.25, 0.3) is 76.8 Å². The summed E-state index contributed by atoms with van der Waals surface area (Å²) in [6.07, 6.45) is 1.85. The summed E-state index contributed by atoms with van der Waals surface area (Å²) >= 11 is 0. The molecule has 6 aromatic carbocycles. The lowest BCUT2D eigenvalue weighted by Crippen LogP contribution is -1.91. The van der Waals surface area contributed by atoms with Gasteiger partial charge >= 0.3 is 0 Å². The first-order valence-corrected chi connectivity index (χ1v) is 12.8. The predicted molar refractivity (Wildman–Crippen MR) is 157 cm³/mol. The van der Waals surface area contributed by atoms with E-state index >= 15 is 0 Å². The number of furan rings is 1. The van der Waals surface area contributed by atoms with Crippen LogP contribution in [0.2, 0.25) is 0 Å². The number of hydrogen-bond acceptors (Lipinski definition) is 3. The molecule has 0 saturated heterocycles. The van der Waals surface area contributed by atoms with Crippen LogP contribution in [-0.2, 0) is 0 Å². The van der Waals surface area contributed by atoms with E-state index in [9.17, 15) is 0 Å². The van der Waals surface area contributed by atoms with Gasteiger partial charge in [-0.15, -0.1) is 0 Å². The molecular weight excluding hydrogens is 464 g/mol. The van der Waals surface area contributed by atoms with Crippen LogP contribution in [0.1, 0.15) is 5.69 Å². The molecule has 0 aliphatic carbocycles. The van der Waals surface area contributed by atoms with Crippen LogP contribution in [0, 0.1) is 6.92 Å². The topological polar surface area (TPSA) is 38.9 Å². The Bertz CT molecular complexity index is 2210. The quantitative estimate of drug-likeness (QED) is 0.228.